The van der Waals surface area contributed by atoms with Gasteiger partial charge in [0, 0.05) is 44.3 Å². The molecular formula is C17H32N4. The van der Waals surface area contributed by atoms with Gasteiger partial charge in [-0.05, 0) is 46.5 Å². The molecular weight excluding hydrogens is 260 g/mol. The normalized spacial score (nSPS) is 33.2. The third-order valence-corrected chi connectivity index (χ3v) is 5.35. The summed E-state index contributed by atoms with van der Waals surface area (Å²) in [6.45, 7) is 13.6. The summed E-state index contributed by atoms with van der Waals surface area (Å²) >= 11 is 0. The molecule has 4 heteroatoms. The summed E-state index contributed by atoms with van der Waals surface area (Å²) in [7, 11) is 0. The standard InChI is InChI=1S/C17H32N4/c1-5-15(4)20-8-10-21(11-9-20)16-6-7-17(12-16,13-18)19-14(2)3/h14-16,19H,5-12H2,1-4H3. The maximum absolute atomic E-state index is 9.59. The van der Waals surface area contributed by atoms with E-state index in [1.165, 1.54) is 19.5 Å². The van der Waals surface area contributed by atoms with Gasteiger partial charge in [-0.15, -0.1) is 0 Å². The van der Waals surface area contributed by atoms with Crippen molar-refractivity contribution in [3.63, 3.8) is 0 Å². The van der Waals surface area contributed by atoms with Crippen molar-refractivity contribution in [2.24, 2.45) is 0 Å². The summed E-state index contributed by atoms with van der Waals surface area (Å²) in [5.41, 5.74) is -0.285. The SMILES string of the molecule is CCC(C)N1CCN(C2CCC(C#N)(NC(C)C)C2)CC1. The van der Waals surface area contributed by atoms with Crippen molar-refractivity contribution in [3.05, 3.63) is 0 Å². The number of nitrogens with zero attached hydrogens (tertiary/aromatic N) is 3. The van der Waals surface area contributed by atoms with Gasteiger partial charge in [-0.1, -0.05) is 6.92 Å². The van der Waals surface area contributed by atoms with Crippen LogP contribution >= 0.6 is 0 Å². The van der Waals surface area contributed by atoms with Gasteiger partial charge in [0.1, 0.15) is 5.54 Å². The number of rotatable bonds is 5. The van der Waals surface area contributed by atoms with Crippen LogP contribution in [0.4, 0.5) is 0 Å². The van der Waals surface area contributed by atoms with Crippen LogP contribution in [0.25, 0.3) is 0 Å². The van der Waals surface area contributed by atoms with Crippen LogP contribution in [0.15, 0.2) is 0 Å². The van der Waals surface area contributed by atoms with Crippen LogP contribution in [0.1, 0.15) is 53.4 Å². The largest absolute Gasteiger partial charge is 0.298 e. The molecule has 2 fully saturated rings. The first-order chi connectivity index (χ1) is 9.99. The van der Waals surface area contributed by atoms with Crippen LogP contribution in [0.3, 0.4) is 0 Å². The second-order valence-corrected chi connectivity index (χ2v) is 7.22. The lowest BCUT2D eigenvalue weighted by Crippen LogP contribution is -2.53. The maximum Gasteiger partial charge on any atom is 0.108 e. The average molecular weight is 292 g/mol. The summed E-state index contributed by atoms with van der Waals surface area (Å²) in [4.78, 5) is 5.23. The molecule has 0 amide bonds. The van der Waals surface area contributed by atoms with Gasteiger partial charge in [0.2, 0.25) is 0 Å². The van der Waals surface area contributed by atoms with E-state index < -0.39 is 0 Å². The molecule has 0 aromatic heterocycles. The van der Waals surface area contributed by atoms with Gasteiger partial charge >= 0.3 is 0 Å². The zero-order valence-electron chi connectivity index (χ0n) is 14.2. The van der Waals surface area contributed by atoms with Crippen molar-refractivity contribution in [2.75, 3.05) is 26.2 Å². The van der Waals surface area contributed by atoms with Crippen molar-refractivity contribution in [1.82, 2.24) is 15.1 Å². The third-order valence-electron chi connectivity index (χ3n) is 5.35. The third kappa shape index (κ3) is 3.97. The average Bonchev–Trinajstić information content (AvgIpc) is 2.90. The first-order valence-electron chi connectivity index (χ1n) is 8.66. The van der Waals surface area contributed by atoms with Gasteiger partial charge in [0.25, 0.3) is 0 Å². The van der Waals surface area contributed by atoms with Gasteiger partial charge in [0.15, 0.2) is 0 Å². The highest BCUT2D eigenvalue weighted by molar-refractivity contribution is 5.14. The summed E-state index contributed by atoms with van der Waals surface area (Å²) in [6, 6.07) is 4.24. The predicted molar refractivity (Wildman–Crippen MR) is 87.2 cm³/mol. The van der Waals surface area contributed by atoms with Crippen LogP contribution < -0.4 is 5.32 Å². The van der Waals surface area contributed by atoms with Crippen LogP contribution in [0.5, 0.6) is 0 Å². The molecule has 120 valence electrons. The van der Waals surface area contributed by atoms with Gasteiger partial charge in [-0.3, -0.25) is 15.1 Å². The van der Waals surface area contributed by atoms with Crippen LogP contribution in [0.2, 0.25) is 0 Å². The molecule has 1 aliphatic carbocycles. The first kappa shape index (κ1) is 16.7. The Morgan fingerprint density at radius 3 is 2.43 bits per heavy atom. The molecule has 2 aliphatic rings. The smallest absolute Gasteiger partial charge is 0.108 e. The monoisotopic (exact) mass is 292 g/mol. The Labute approximate surface area is 130 Å². The Bertz CT molecular complexity index is 367. The fourth-order valence-corrected chi connectivity index (χ4v) is 3.95. The van der Waals surface area contributed by atoms with Gasteiger partial charge < -0.3 is 0 Å². The molecule has 1 saturated carbocycles. The van der Waals surface area contributed by atoms with Crippen molar-refractivity contribution in [1.29, 1.82) is 5.26 Å². The van der Waals surface area contributed by atoms with E-state index in [0.717, 1.165) is 32.4 Å². The van der Waals surface area contributed by atoms with Gasteiger partial charge in [0.05, 0.1) is 6.07 Å². The molecule has 0 bridgehead atoms. The lowest BCUT2D eigenvalue weighted by Gasteiger charge is -2.40. The number of hydrogen-bond donors (Lipinski definition) is 1. The summed E-state index contributed by atoms with van der Waals surface area (Å²) < 4.78 is 0. The maximum atomic E-state index is 9.59. The van der Waals surface area contributed by atoms with Gasteiger partial charge in [-0.2, -0.15) is 5.26 Å². The highest BCUT2D eigenvalue weighted by Gasteiger charge is 2.42. The molecule has 1 N–H and O–H groups in total. The number of nitriles is 1. The number of piperazine rings is 1. The Morgan fingerprint density at radius 1 is 1.24 bits per heavy atom. The number of hydrogen-bond acceptors (Lipinski definition) is 4. The molecule has 0 spiro atoms. The van der Waals surface area contributed by atoms with Crippen molar-refractivity contribution in [3.8, 4) is 6.07 Å². The Balaban J connectivity index is 1.87. The van der Waals surface area contributed by atoms with E-state index in [1.807, 2.05) is 0 Å². The Morgan fingerprint density at radius 2 is 1.90 bits per heavy atom. The molecule has 3 unspecified atom stereocenters. The minimum Gasteiger partial charge on any atom is -0.298 e. The van der Waals surface area contributed by atoms with E-state index in [9.17, 15) is 5.26 Å². The quantitative estimate of drug-likeness (QED) is 0.843. The molecule has 2 rings (SSSR count). The zero-order valence-corrected chi connectivity index (χ0v) is 14.2. The molecule has 4 nitrogen and oxygen atoms in total. The summed E-state index contributed by atoms with van der Waals surface area (Å²) in [5.74, 6) is 0. The molecule has 3 atom stereocenters. The molecule has 1 saturated heterocycles. The van der Waals surface area contributed by atoms with Crippen LogP contribution in [-0.4, -0.2) is 59.6 Å². The highest BCUT2D eigenvalue weighted by Crippen LogP contribution is 2.33. The van der Waals surface area contributed by atoms with Crippen molar-refractivity contribution < 1.29 is 0 Å². The van der Waals surface area contributed by atoms with E-state index in [4.69, 9.17) is 0 Å². The summed E-state index contributed by atoms with van der Waals surface area (Å²) in [5, 5.41) is 13.1. The second kappa shape index (κ2) is 7.09. The fourth-order valence-electron chi connectivity index (χ4n) is 3.95. The lowest BCUT2D eigenvalue weighted by molar-refractivity contribution is 0.0723. The van der Waals surface area contributed by atoms with E-state index in [0.29, 0.717) is 18.1 Å². The predicted octanol–water partition coefficient (Wildman–Crippen LogP) is 2.22. The Kier molecular flexibility index (Phi) is 5.65. The summed E-state index contributed by atoms with van der Waals surface area (Å²) in [6.07, 6.45) is 4.39. The molecule has 0 radical (unpaired) electrons. The lowest BCUT2D eigenvalue weighted by atomic mass is 9.98. The number of nitrogens with one attached hydrogen (secondary N) is 1. The zero-order chi connectivity index (χ0) is 15.5. The molecule has 1 aliphatic heterocycles. The van der Waals surface area contributed by atoms with Gasteiger partial charge in [-0.25, -0.2) is 0 Å². The minimum atomic E-state index is -0.285. The fraction of sp³-hybridized carbons (Fsp3) is 0.941. The van der Waals surface area contributed by atoms with E-state index in [-0.39, 0.29) is 5.54 Å². The van der Waals surface area contributed by atoms with E-state index in [2.05, 4.69) is 48.9 Å². The van der Waals surface area contributed by atoms with Crippen LogP contribution in [-0.2, 0) is 0 Å². The minimum absolute atomic E-state index is 0.285. The van der Waals surface area contributed by atoms with E-state index >= 15 is 0 Å². The topological polar surface area (TPSA) is 42.3 Å². The Hall–Kier alpha value is -0.630. The molecule has 21 heavy (non-hydrogen) atoms. The van der Waals surface area contributed by atoms with Crippen LogP contribution in [0, 0.1) is 11.3 Å². The first-order valence-corrected chi connectivity index (χ1v) is 8.66. The molecule has 1 heterocycles. The van der Waals surface area contributed by atoms with Crippen molar-refractivity contribution in [2.45, 2.75) is 77.0 Å². The molecule has 0 aromatic rings. The molecule has 0 aromatic carbocycles. The van der Waals surface area contributed by atoms with E-state index in [1.54, 1.807) is 0 Å². The van der Waals surface area contributed by atoms with Crippen molar-refractivity contribution >= 4 is 0 Å². The highest BCUT2D eigenvalue weighted by atomic mass is 15.3. The second-order valence-electron chi connectivity index (χ2n) is 7.22.